The van der Waals surface area contributed by atoms with Crippen LogP contribution in [0.4, 0.5) is 0 Å². The molecule has 3 heteroatoms. The maximum atomic E-state index is 10.4. The van der Waals surface area contributed by atoms with Crippen LogP contribution in [0.25, 0.3) is 0 Å². The average molecular weight is 185 g/mol. The Hall–Kier alpha value is -0.120. The molecular weight excluding hydrogens is 166 g/mol. The first-order valence-corrected chi connectivity index (χ1v) is 5.26. The molecule has 0 aromatic heterocycles. The lowest BCUT2D eigenvalue weighted by molar-refractivity contribution is -0.0615. The summed E-state index contributed by atoms with van der Waals surface area (Å²) in [4.78, 5) is 0. The van der Waals surface area contributed by atoms with E-state index >= 15 is 0 Å². The third-order valence-electron chi connectivity index (χ3n) is 3.54. The first-order valence-electron chi connectivity index (χ1n) is 5.26. The summed E-state index contributed by atoms with van der Waals surface area (Å²) in [6.45, 7) is 1.62. The molecular formula is C10H19NO2. The van der Waals surface area contributed by atoms with Gasteiger partial charge in [-0.2, -0.15) is 0 Å². The van der Waals surface area contributed by atoms with E-state index in [0.29, 0.717) is 5.92 Å². The van der Waals surface area contributed by atoms with Crippen molar-refractivity contribution in [3.63, 3.8) is 0 Å². The molecule has 0 radical (unpaired) electrons. The molecule has 2 aliphatic rings. The molecule has 1 heterocycles. The Morgan fingerprint density at radius 2 is 1.92 bits per heavy atom. The zero-order valence-electron chi connectivity index (χ0n) is 8.04. The van der Waals surface area contributed by atoms with Crippen molar-refractivity contribution >= 4 is 0 Å². The van der Waals surface area contributed by atoms with E-state index in [2.05, 4.69) is 0 Å². The predicted molar refractivity (Wildman–Crippen MR) is 50.3 cm³/mol. The van der Waals surface area contributed by atoms with Crippen molar-refractivity contribution < 1.29 is 9.84 Å². The summed E-state index contributed by atoms with van der Waals surface area (Å²) in [5.74, 6) is 0.426. The van der Waals surface area contributed by atoms with E-state index in [1.165, 1.54) is 0 Å². The molecule has 2 atom stereocenters. The molecule has 1 aliphatic heterocycles. The van der Waals surface area contributed by atoms with E-state index in [1.807, 2.05) is 0 Å². The molecule has 0 bridgehead atoms. The van der Waals surface area contributed by atoms with Crippen LogP contribution < -0.4 is 5.73 Å². The van der Waals surface area contributed by atoms with Crippen LogP contribution in [0.1, 0.15) is 32.1 Å². The van der Waals surface area contributed by atoms with Crippen LogP contribution in [-0.2, 0) is 4.74 Å². The van der Waals surface area contributed by atoms with Gasteiger partial charge in [-0.15, -0.1) is 0 Å². The van der Waals surface area contributed by atoms with Crippen molar-refractivity contribution in [3.05, 3.63) is 0 Å². The summed E-state index contributed by atoms with van der Waals surface area (Å²) < 4.78 is 5.29. The van der Waals surface area contributed by atoms with Gasteiger partial charge in [0, 0.05) is 19.3 Å². The van der Waals surface area contributed by atoms with Gasteiger partial charge in [0.1, 0.15) is 0 Å². The van der Waals surface area contributed by atoms with Gasteiger partial charge in [-0.1, -0.05) is 0 Å². The lowest BCUT2D eigenvalue weighted by atomic mass is 9.80. The lowest BCUT2D eigenvalue weighted by Gasteiger charge is -2.35. The summed E-state index contributed by atoms with van der Waals surface area (Å²) in [6, 6.07) is 0.216. The average Bonchev–Trinajstić information content (AvgIpc) is 2.49. The molecule has 0 aromatic rings. The summed E-state index contributed by atoms with van der Waals surface area (Å²) >= 11 is 0. The third-order valence-corrected chi connectivity index (χ3v) is 3.54. The SMILES string of the molecule is NC1CCC(O)(C2CCOCC2)C1. The summed E-state index contributed by atoms with van der Waals surface area (Å²) in [7, 11) is 0. The maximum Gasteiger partial charge on any atom is 0.0692 e. The number of hydrogen-bond donors (Lipinski definition) is 2. The topological polar surface area (TPSA) is 55.5 Å². The van der Waals surface area contributed by atoms with E-state index in [0.717, 1.165) is 45.3 Å². The molecule has 76 valence electrons. The Balaban J connectivity index is 1.97. The van der Waals surface area contributed by atoms with E-state index < -0.39 is 5.60 Å². The minimum atomic E-state index is -0.469. The summed E-state index contributed by atoms with van der Waals surface area (Å²) in [5, 5.41) is 10.4. The normalized spacial score (nSPS) is 42.5. The van der Waals surface area contributed by atoms with Crippen molar-refractivity contribution in [2.75, 3.05) is 13.2 Å². The number of nitrogens with two attached hydrogens (primary N) is 1. The number of rotatable bonds is 1. The van der Waals surface area contributed by atoms with E-state index in [9.17, 15) is 5.11 Å². The Bertz CT molecular complexity index is 180. The van der Waals surface area contributed by atoms with Crippen LogP contribution in [0.2, 0.25) is 0 Å². The van der Waals surface area contributed by atoms with Crippen molar-refractivity contribution in [1.29, 1.82) is 0 Å². The minimum absolute atomic E-state index is 0.216. The maximum absolute atomic E-state index is 10.4. The molecule has 1 saturated carbocycles. The van der Waals surface area contributed by atoms with Gasteiger partial charge in [-0.25, -0.2) is 0 Å². The highest BCUT2D eigenvalue weighted by molar-refractivity contribution is 4.96. The first-order chi connectivity index (χ1) is 6.21. The second-order valence-corrected chi connectivity index (χ2v) is 4.49. The first kappa shape index (κ1) is 9.44. The van der Waals surface area contributed by atoms with E-state index in [1.54, 1.807) is 0 Å². The number of hydrogen-bond acceptors (Lipinski definition) is 3. The minimum Gasteiger partial charge on any atom is -0.390 e. The second-order valence-electron chi connectivity index (χ2n) is 4.49. The fraction of sp³-hybridized carbons (Fsp3) is 1.00. The van der Waals surface area contributed by atoms with Gasteiger partial charge < -0.3 is 15.6 Å². The molecule has 0 spiro atoms. The zero-order valence-corrected chi connectivity index (χ0v) is 8.04. The fourth-order valence-corrected chi connectivity index (χ4v) is 2.70. The Kier molecular flexibility index (Phi) is 2.58. The molecule has 3 N–H and O–H groups in total. The van der Waals surface area contributed by atoms with Crippen molar-refractivity contribution in [1.82, 2.24) is 0 Å². The number of aliphatic hydroxyl groups is 1. The zero-order chi connectivity index (χ0) is 9.31. The van der Waals surface area contributed by atoms with Crippen LogP contribution in [0.5, 0.6) is 0 Å². The van der Waals surface area contributed by atoms with Crippen molar-refractivity contribution in [2.24, 2.45) is 11.7 Å². The highest BCUT2D eigenvalue weighted by Crippen LogP contribution is 2.39. The molecule has 0 amide bonds. The largest absolute Gasteiger partial charge is 0.390 e. The van der Waals surface area contributed by atoms with E-state index in [-0.39, 0.29) is 6.04 Å². The predicted octanol–water partition coefficient (Wildman–Crippen LogP) is 0.655. The Morgan fingerprint density at radius 3 is 2.46 bits per heavy atom. The van der Waals surface area contributed by atoms with Gasteiger partial charge in [0.05, 0.1) is 5.60 Å². The van der Waals surface area contributed by atoms with Crippen LogP contribution >= 0.6 is 0 Å². The molecule has 0 aromatic carbocycles. The molecule has 13 heavy (non-hydrogen) atoms. The van der Waals surface area contributed by atoms with Crippen LogP contribution in [0.15, 0.2) is 0 Å². The highest BCUT2D eigenvalue weighted by atomic mass is 16.5. The molecule has 3 nitrogen and oxygen atoms in total. The standard InChI is InChI=1S/C10H19NO2/c11-9-1-4-10(12,7-9)8-2-5-13-6-3-8/h8-9,12H,1-7,11H2. The smallest absolute Gasteiger partial charge is 0.0692 e. The van der Waals surface area contributed by atoms with Gasteiger partial charge in [0.2, 0.25) is 0 Å². The third kappa shape index (κ3) is 1.87. The highest BCUT2D eigenvalue weighted by Gasteiger charge is 2.42. The summed E-state index contributed by atoms with van der Waals surface area (Å²) in [6.07, 6.45) is 4.66. The van der Waals surface area contributed by atoms with Crippen LogP contribution in [0.3, 0.4) is 0 Å². The Morgan fingerprint density at radius 1 is 1.23 bits per heavy atom. The van der Waals surface area contributed by atoms with Crippen molar-refractivity contribution in [3.8, 4) is 0 Å². The molecule has 1 aliphatic carbocycles. The number of ether oxygens (including phenoxy) is 1. The van der Waals surface area contributed by atoms with Gasteiger partial charge in [0.15, 0.2) is 0 Å². The lowest BCUT2D eigenvalue weighted by Crippen LogP contribution is -2.39. The monoisotopic (exact) mass is 185 g/mol. The molecule has 1 saturated heterocycles. The second kappa shape index (κ2) is 3.56. The summed E-state index contributed by atoms with van der Waals surface area (Å²) in [5.41, 5.74) is 5.36. The molecule has 2 fully saturated rings. The van der Waals surface area contributed by atoms with Gasteiger partial charge in [-0.3, -0.25) is 0 Å². The van der Waals surface area contributed by atoms with E-state index in [4.69, 9.17) is 10.5 Å². The van der Waals surface area contributed by atoms with Crippen LogP contribution in [0, 0.1) is 5.92 Å². The van der Waals surface area contributed by atoms with Crippen molar-refractivity contribution in [2.45, 2.75) is 43.7 Å². The Labute approximate surface area is 79.3 Å². The van der Waals surface area contributed by atoms with Gasteiger partial charge in [0.25, 0.3) is 0 Å². The quantitative estimate of drug-likeness (QED) is 0.631. The molecule has 2 rings (SSSR count). The van der Waals surface area contributed by atoms with Gasteiger partial charge in [-0.05, 0) is 38.0 Å². The fourth-order valence-electron chi connectivity index (χ4n) is 2.70. The van der Waals surface area contributed by atoms with Crippen LogP contribution in [-0.4, -0.2) is 30.0 Å². The molecule has 2 unspecified atom stereocenters. The van der Waals surface area contributed by atoms with Gasteiger partial charge >= 0.3 is 0 Å².